The zero-order valence-electron chi connectivity index (χ0n) is 52.8. The van der Waals surface area contributed by atoms with E-state index >= 15 is 0 Å². The van der Waals surface area contributed by atoms with E-state index in [1.807, 2.05) is 85.7 Å². The number of hydrogen-bond acceptors (Lipinski definition) is 7. The Bertz CT molecular complexity index is 3360. The Kier molecular flexibility index (Phi) is 22.4. The van der Waals surface area contributed by atoms with Crippen LogP contribution in [0, 0.1) is 48.3 Å². The Balaban J connectivity index is 0.000000162. The van der Waals surface area contributed by atoms with Crippen molar-refractivity contribution in [1.82, 2.24) is 0 Å². The van der Waals surface area contributed by atoms with Gasteiger partial charge in [-0.05, 0) is 234 Å². The number of nitrogens with one attached hydrogen (secondary N) is 2. The van der Waals surface area contributed by atoms with Crippen LogP contribution < -0.4 is 10.6 Å². The molecule has 0 spiro atoms. The zero-order chi connectivity index (χ0) is 62.1. The van der Waals surface area contributed by atoms with E-state index in [4.69, 9.17) is 5.11 Å². The number of fused-ring (bicyclic) bond motifs is 3. The third kappa shape index (κ3) is 16.1. The van der Waals surface area contributed by atoms with E-state index in [1.165, 1.54) is 50.5 Å². The Hall–Kier alpha value is -6.78. The second-order valence-corrected chi connectivity index (χ2v) is 26.8. The van der Waals surface area contributed by atoms with Crippen LogP contribution in [0.15, 0.2) is 126 Å². The summed E-state index contributed by atoms with van der Waals surface area (Å²) in [7, 11) is 0. The lowest BCUT2D eigenvalue weighted by molar-refractivity contribution is -0.124. The topological polar surface area (TPSA) is 159 Å². The first-order valence-electron chi connectivity index (χ1n) is 30.3. The molecule has 84 heavy (non-hydrogen) atoms. The van der Waals surface area contributed by atoms with Crippen molar-refractivity contribution in [2.24, 2.45) is 34.5 Å². The highest BCUT2D eigenvalue weighted by Gasteiger charge is 2.31. The molecule has 4 aliphatic rings. The number of benzene rings is 7. The van der Waals surface area contributed by atoms with Gasteiger partial charge in [0, 0.05) is 32.1 Å². The molecule has 9 nitrogen and oxygen atoms in total. The molecule has 0 radical (unpaired) electrons. The van der Waals surface area contributed by atoms with E-state index in [-0.39, 0.29) is 34.1 Å². The fourth-order valence-electron chi connectivity index (χ4n) is 11.4. The van der Waals surface area contributed by atoms with Gasteiger partial charge >= 0.3 is 0 Å². The monoisotopic (exact) mass is 1200 g/mol. The maximum absolute atomic E-state index is 12.0. The molecule has 7 aromatic rings. The number of amides is 2. The molecule has 0 saturated heterocycles. The normalized spacial score (nSPS) is 20.4. The van der Waals surface area contributed by atoms with Crippen molar-refractivity contribution < 1.29 is 35.1 Å². The SMILES string of the molecule is CC1Cc2c(O)cccc2C1C.CC1Cc2cc(O)ccc2C1C.CC1Cc2ccc(Br)cc2CC1C.CC1c2cccc3c(O)ccc(c23)C1C.CCC(C)(C)C(=O)Nc1cc(C)c(O)c(C)c1.CCC(C)(C)C(=O)Nc1ccc(O)cc1. The van der Waals surface area contributed by atoms with Crippen molar-refractivity contribution >= 4 is 49.9 Å². The third-order valence-electron chi connectivity index (χ3n) is 19.0. The van der Waals surface area contributed by atoms with Gasteiger partial charge in [0.25, 0.3) is 0 Å². The predicted octanol–water partition coefficient (Wildman–Crippen LogP) is 19.1. The summed E-state index contributed by atoms with van der Waals surface area (Å²) in [6.45, 7) is 33.5. The number of aromatic hydroxyl groups is 5. The van der Waals surface area contributed by atoms with Gasteiger partial charge in [0.1, 0.15) is 28.7 Å². The largest absolute Gasteiger partial charge is 0.508 e. The zero-order valence-corrected chi connectivity index (χ0v) is 54.4. The highest BCUT2D eigenvalue weighted by Crippen LogP contribution is 2.48. The van der Waals surface area contributed by atoms with Crippen LogP contribution in [0.3, 0.4) is 0 Å². The molecular weight excluding hydrogens is 1110 g/mol. The van der Waals surface area contributed by atoms with Crippen LogP contribution in [0.25, 0.3) is 10.8 Å². The molecule has 0 heterocycles. The van der Waals surface area contributed by atoms with Crippen molar-refractivity contribution in [2.45, 2.75) is 173 Å². The van der Waals surface area contributed by atoms with Gasteiger partial charge in [-0.1, -0.05) is 161 Å². The fourth-order valence-corrected chi connectivity index (χ4v) is 11.8. The Morgan fingerprint density at radius 3 is 1.55 bits per heavy atom. The number of phenols is 5. The van der Waals surface area contributed by atoms with Gasteiger partial charge in [-0.3, -0.25) is 9.59 Å². The second-order valence-electron chi connectivity index (χ2n) is 25.9. The first-order chi connectivity index (χ1) is 39.5. The smallest absolute Gasteiger partial charge is 0.230 e. The van der Waals surface area contributed by atoms with Crippen LogP contribution in [0.1, 0.15) is 189 Å². The maximum Gasteiger partial charge on any atom is 0.230 e. The number of hydrogen-bond donors (Lipinski definition) is 7. The van der Waals surface area contributed by atoms with Gasteiger partial charge in [0.15, 0.2) is 0 Å². The first kappa shape index (κ1) is 66.4. The van der Waals surface area contributed by atoms with E-state index < -0.39 is 0 Å². The molecule has 11 rings (SSSR count). The van der Waals surface area contributed by atoms with E-state index in [9.17, 15) is 30.0 Å². The number of carbonyl (C=O) groups excluding carboxylic acids is 2. The second kappa shape index (κ2) is 28.4. The minimum absolute atomic E-state index is 0.00399. The van der Waals surface area contributed by atoms with Gasteiger partial charge < -0.3 is 36.2 Å². The van der Waals surface area contributed by atoms with E-state index in [1.54, 1.807) is 59.7 Å². The number of rotatable bonds is 6. The van der Waals surface area contributed by atoms with Gasteiger partial charge in [0.2, 0.25) is 11.8 Å². The quantitative estimate of drug-likeness (QED) is 0.0817. The number of phenolic OH excluding ortho intramolecular Hbond substituents is 5. The molecule has 0 saturated carbocycles. The maximum atomic E-state index is 12.0. The standard InChI is InChI=1S/C14H21NO2.C14H14O.C12H15Br.C12H17NO2.2C11H14O/c1-6-14(4,5)13(17)15-11-7-9(2)12(16)10(3)8-11;1-8-9(2)11-6-7-13(15)12-5-3-4-10(8)14(11)12;1-8-5-10-3-4-12(13)7-11(10)6-9(8)2;1-4-12(2,3)11(15)13-9-5-7-10(14)8-6-9;1-7-5-9-6-10(12)3-4-11(9)8(7)2;1-7-6-10-9(8(7)2)4-3-5-11(10)12/h7-8,16H,6H2,1-5H3,(H,15,17);3-9,15H,1-2H3;3-4,7-9H,5-6H2,1-2H3;5-8,14H,4H2,1-3H3,(H,13,15);3-4,6-8,12H,5H2,1-2H3;3-5,7-8,12H,6H2,1-2H3. The first-order valence-corrected chi connectivity index (χ1v) is 31.1. The average molecular weight is 1200 g/mol. The van der Waals surface area contributed by atoms with Gasteiger partial charge in [-0.2, -0.15) is 0 Å². The summed E-state index contributed by atoms with van der Waals surface area (Å²) in [5.41, 5.74) is 13.4. The molecule has 0 aromatic heterocycles. The molecular formula is C74H95BrN2O7. The van der Waals surface area contributed by atoms with Gasteiger partial charge in [0.05, 0.1) is 0 Å². The summed E-state index contributed by atoms with van der Waals surface area (Å²) in [4.78, 5) is 23.8. The van der Waals surface area contributed by atoms with Crippen LogP contribution in [0.4, 0.5) is 11.4 Å². The van der Waals surface area contributed by atoms with Crippen LogP contribution in [-0.4, -0.2) is 37.3 Å². The molecule has 8 unspecified atom stereocenters. The lowest BCUT2D eigenvalue weighted by atomic mass is 9.78. The van der Waals surface area contributed by atoms with E-state index in [0.717, 1.165) is 71.2 Å². The summed E-state index contributed by atoms with van der Waals surface area (Å²) in [6.07, 6.45) is 6.22. The van der Waals surface area contributed by atoms with Gasteiger partial charge in [-0.25, -0.2) is 0 Å². The molecule has 8 atom stereocenters. The van der Waals surface area contributed by atoms with Crippen LogP contribution >= 0.6 is 15.9 Å². The number of aryl methyl sites for hydroxylation is 2. The lowest BCUT2D eigenvalue weighted by Gasteiger charge is -2.28. The molecule has 0 bridgehead atoms. The Labute approximate surface area is 510 Å². The van der Waals surface area contributed by atoms with Crippen LogP contribution in [0.5, 0.6) is 28.7 Å². The van der Waals surface area contributed by atoms with Crippen LogP contribution in [-0.2, 0) is 35.3 Å². The minimum Gasteiger partial charge on any atom is -0.508 e. The average Bonchev–Trinajstić information content (AvgIpc) is 2.37. The predicted molar refractivity (Wildman–Crippen MR) is 352 cm³/mol. The van der Waals surface area contributed by atoms with Crippen molar-refractivity contribution in [3.8, 4) is 28.7 Å². The molecule has 7 aromatic carbocycles. The highest BCUT2D eigenvalue weighted by molar-refractivity contribution is 9.10. The minimum atomic E-state index is -0.375. The molecule has 2 amide bonds. The third-order valence-corrected chi connectivity index (χ3v) is 19.5. The molecule has 0 aliphatic heterocycles. The highest BCUT2D eigenvalue weighted by atomic mass is 79.9. The van der Waals surface area contributed by atoms with Crippen molar-refractivity contribution in [1.29, 1.82) is 0 Å². The molecule has 0 fully saturated rings. The molecule has 10 heteroatoms. The lowest BCUT2D eigenvalue weighted by Crippen LogP contribution is -2.30. The van der Waals surface area contributed by atoms with Gasteiger partial charge in [-0.15, -0.1) is 0 Å². The molecule has 7 N–H and O–H groups in total. The summed E-state index contributed by atoms with van der Waals surface area (Å²) >= 11 is 3.53. The summed E-state index contributed by atoms with van der Waals surface area (Å²) < 4.78 is 1.22. The summed E-state index contributed by atoms with van der Waals surface area (Å²) in [5, 5.41) is 55.4. The number of anilines is 2. The summed E-state index contributed by atoms with van der Waals surface area (Å²) in [5.74, 6) is 7.21. The van der Waals surface area contributed by atoms with Crippen molar-refractivity contribution in [3.63, 3.8) is 0 Å². The van der Waals surface area contributed by atoms with Crippen LogP contribution in [0.2, 0.25) is 0 Å². The molecule has 450 valence electrons. The Morgan fingerprint density at radius 2 is 0.964 bits per heavy atom. The molecule has 4 aliphatic carbocycles. The number of halogens is 1. The van der Waals surface area contributed by atoms with E-state index in [2.05, 4.69) is 124 Å². The van der Waals surface area contributed by atoms with E-state index in [0.29, 0.717) is 52.5 Å². The fraction of sp³-hybridized carbons (Fsp3) is 0.432. The van der Waals surface area contributed by atoms with Crippen molar-refractivity contribution in [3.05, 3.63) is 181 Å². The Morgan fingerprint density at radius 1 is 0.476 bits per heavy atom. The number of carbonyl (C=O) groups is 2. The summed E-state index contributed by atoms with van der Waals surface area (Å²) in [6, 6.07) is 38.4. The van der Waals surface area contributed by atoms with Crippen molar-refractivity contribution in [2.75, 3.05) is 10.6 Å².